The molecule has 1 amide bonds. The molecule has 0 saturated heterocycles. The van der Waals surface area contributed by atoms with Crippen LogP contribution >= 0.6 is 0 Å². The average molecular weight is 266 g/mol. The van der Waals surface area contributed by atoms with E-state index in [1.807, 2.05) is 13.8 Å². The largest absolute Gasteiger partial charge is 0.490 e. The molecule has 0 heterocycles. The number of hydrogen-bond donors (Lipinski definition) is 2. The number of nitrogens with one attached hydrogen (secondary N) is 1. The summed E-state index contributed by atoms with van der Waals surface area (Å²) in [5.74, 6) is 1.02. The molecular weight excluding hydrogens is 244 g/mol. The van der Waals surface area contributed by atoms with Gasteiger partial charge in [0.25, 0.3) is 0 Å². The minimum Gasteiger partial charge on any atom is -0.490 e. The summed E-state index contributed by atoms with van der Waals surface area (Å²) in [6.45, 7) is 8.19. The fourth-order valence-corrected chi connectivity index (χ4v) is 1.42. The van der Waals surface area contributed by atoms with Gasteiger partial charge >= 0.3 is 0 Å². The van der Waals surface area contributed by atoms with Crippen LogP contribution in [-0.2, 0) is 4.79 Å². The van der Waals surface area contributed by atoms with Crippen molar-refractivity contribution in [1.82, 2.24) is 0 Å². The zero-order valence-electron chi connectivity index (χ0n) is 11.9. The first kappa shape index (κ1) is 15.3. The smallest absolute Gasteiger partial charge is 0.243 e. The Labute approximate surface area is 114 Å². The second kappa shape index (κ2) is 6.43. The Morgan fingerprint density at radius 1 is 1.21 bits per heavy atom. The number of benzene rings is 1. The van der Waals surface area contributed by atoms with Gasteiger partial charge in [0.15, 0.2) is 11.5 Å². The third-order valence-corrected chi connectivity index (χ3v) is 2.39. The fourth-order valence-electron chi connectivity index (χ4n) is 1.42. The van der Waals surface area contributed by atoms with Crippen molar-refractivity contribution in [3.05, 3.63) is 18.2 Å². The van der Waals surface area contributed by atoms with Gasteiger partial charge in [0.2, 0.25) is 5.91 Å². The first-order valence-corrected chi connectivity index (χ1v) is 6.38. The molecule has 1 aromatic rings. The highest BCUT2D eigenvalue weighted by Crippen LogP contribution is 2.30. The van der Waals surface area contributed by atoms with Crippen LogP contribution in [0, 0.1) is 0 Å². The first-order chi connectivity index (χ1) is 8.88. The molecule has 1 rings (SSSR count). The fraction of sp³-hybridized carbons (Fsp3) is 0.500. The molecule has 0 atom stereocenters. The van der Waals surface area contributed by atoms with Crippen LogP contribution in [0.25, 0.3) is 0 Å². The van der Waals surface area contributed by atoms with Crippen LogP contribution in [0.1, 0.15) is 27.7 Å². The van der Waals surface area contributed by atoms with Gasteiger partial charge in [0.05, 0.1) is 18.8 Å². The predicted molar refractivity (Wildman–Crippen MR) is 75.7 cm³/mol. The average Bonchev–Trinajstić information content (AvgIpc) is 2.32. The third kappa shape index (κ3) is 4.44. The molecule has 19 heavy (non-hydrogen) atoms. The summed E-state index contributed by atoms with van der Waals surface area (Å²) in [4.78, 5) is 11.8. The summed E-state index contributed by atoms with van der Waals surface area (Å²) in [6, 6.07) is 5.27. The van der Waals surface area contributed by atoms with E-state index in [1.54, 1.807) is 32.0 Å². The molecule has 5 heteroatoms. The summed E-state index contributed by atoms with van der Waals surface area (Å²) >= 11 is 0. The highest BCUT2D eigenvalue weighted by molar-refractivity contribution is 5.97. The van der Waals surface area contributed by atoms with Crippen molar-refractivity contribution in [1.29, 1.82) is 0 Å². The molecular formula is C14H22N2O3. The third-order valence-electron chi connectivity index (χ3n) is 2.39. The minimum atomic E-state index is -0.926. The molecule has 0 bridgehead atoms. The predicted octanol–water partition coefficient (Wildman–Crippen LogP) is 2.16. The number of anilines is 1. The Morgan fingerprint density at radius 3 is 2.32 bits per heavy atom. The molecule has 3 N–H and O–H groups in total. The highest BCUT2D eigenvalue weighted by Gasteiger charge is 2.22. The van der Waals surface area contributed by atoms with Crippen LogP contribution in [0.3, 0.4) is 0 Å². The molecule has 5 nitrogen and oxygen atoms in total. The maximum atomic E-state index is 11.8. The summed E-state index contributed by atoms with van der Waals surface area (Å²) in [5.41, 5.74) is 5.44. The Kier molecular flexibility index (Phi) is 5.18. The summed E-state index contributed by atoms with van der Waals surface area (Å²) in [6.07, 6.45) is 0. The van der Waals surface area contributed by atoms with Gasteiger partial charge in [-0.2, -0.15) is 0 Å². The normalized spacial score (nSPS) is 11.0. The number of nitrogens with two attached hydrogens (primary N) is 1. The van der Waals surface area contributed by atoms with Gasteiger partial charge in [-0.25, -0.2) is 0 Å². The van der Waals surface area contributed by atoms with E-state index >= 15 is 0 Å². The van der Waals surface area contributed by atoms with E-state index in [1.165, 1.54) is 0 Å². The Hall–Kier alpha value is -1.75. The van der Waals surface area contributed by atoms with E-state index in [2.05, 4.69) is 5.32 Å². The molecule has 0 aliphatic rings. The molecule has 0 aliphatic carbocycles. The van der Waals surface area contributed by atoms with Gasteiger partial charge in [-0.1, -0.05) is 0 Å². The van der Waals surface area contributed by atoms with E-state index < -0.39 is 5.54 Å². The zero-order valence-corrected chi connectivity index (χ0v) is 11.9. The Balaban J connectivity index is 2.92. The van der Waals surface area contributed by atoms with Gasteiger partial charge in [-0.05, 0) is 39.8 Å². The van der Waals surface area contributed by atoms with Crippen molar-refractivity contribution in [3.8, 4) is 11.5 Å². The van der Waals surface area contributed by atoms with Crippen molar-refractivity contribution in [2.75, 3.05) is 18.5 Å². The molecule has 1 aromatic carbocycles. The van der Waals surface area contributed by atoms with Crippen LogP contribution in [0.4, 0.5) is 5.69 Å². The second-order valence-corrected chi connectivity index (χ2v) is 4.70. The maximum absolute atomic E-state index is 11.8. The second-order valence-electron chi connectivity index (χ2n) is 4.70. The van der Waals surface area contributed by atoms with Gasteiger partial charge in [-0.3, -0.25) is 4.79 Å². The van der Waals surface area contributed by atoms with E-state index in [4.69, 9.17) is 15.2 Å². The van der Waals surface area contributed by atoms with Gasteiger partial charge in [-0.15, -0.1) is 0 Å². The van der Waals surface area contributed by atoms with E-state index in [0.29, 0.717) is 30.4 Å². The standard InChI is InChI=1S/C14H22N2O3/c1-5-18-11-8-7-10(9-12(11)19-6-2)16-13(17)14(3,4)15/h7-9H,5-6,15H2,1-4H3,(H,16,17). The lowest BCUT2D eigenvalue weighted by molar-refractivity contribution is -0.120. The van der Waals surface area contributed by atoms with Crippen LogP contribution in [0.5, 0.6) is 11.5 Å². The Morgan fingerprint density at radius 2 is 1.79 bits per heavy atom. The topological polar surface area (TPSA) is 73.6 Å². The monoisotopic (exact) mass is 266 g/mol. The number of carbonyl (C=O) groups excluding carboxylic acids is 1. The van der Waals surface area contributed by atoms with Crippen LogP contribution in [0.2, 0.25) is 0 Å². The zero-order chi connectivity index (χ0) is 14.5. The van der Waals surface area contributed by atoms with Crippen molar-refractivity contribution in [2.24, 2.45) is 5.73 Å². The SMILES string of the molecule is CCOc1ccc(NC(=O)C(C)(C)N)cc1OCC. The summed E-state index contributed by atoms with van der Waals surface area (Å²) in [5, 5.41) is 2.75. The highest BCUT2D eigenvalue weighted by atomic mass is 16.5. The van der Waals surface area contributed by atoms with E-state index in [9.17, 15) is 4.79 Å². The maximum Gasteiger partial charge on any atom is 0.243 e. The molecule has 0 saturated carbocycles. The van der Waals surface area contributed by atoms with E-state index in [-0.39, 0.29) is 5.91 Å². The lowest BCUT2D eigenvalue weighted by atomic mass is 10.1. The minimum absolute atomic E-state index is 0.251. The quantitative estimate of drug-likeness (QED) is 0.827. The van der Waals surface area contributed by atoms with Gasteiger partial charge in [0.1, 0.15) is 0 Å². The van der Waals surface area contributed by atoms with Crippen LogP contribution in [-0.4, -0.2) is 24.7 Å². The lowest BCUT2D eigenvalue weighted by Gasteiger charge is -2.18. The lowest BCUT2D eigenvalue weighted by Crippen LogP contribution is -2.45. The van der Waals surface area contributed by atoms with Crippen molar-refractivity contribution < 1.29 is 14.3 Å². The Bertz CT molecular complexity index is 439. The summed E-state index contributed by atoms with van der Waals surface area (Å²) < 4.78 is 10.9. The number of hydrogen-bond acceptors (Lipinski definition) is 4. The van der Waals surface area contributed by atoms with Gasteiger partial charge < -0.3 is 20.5 Å². The van der Waals surface area contributed by atoms with Crippen LogP contribution < -0.4 is 20.5 Å². The van der Waals surface area contributed by atoms with Gasteiger partial charge in [0, 0.05) is 11.8 Å². The van der Waals surface area contributed by atoms with Crippen molar-refractivity contribution in [3.63, 3.8) is 0 Å². The van der Waals surface area contributed by atoms with Crippen molar-refractivity contribution in [2.45, 2.75) is 33.2 Å². The molecule has 0 fully saturated rings. The molecule has 0 radical (unpaired) electrons. The molecule has 106 valence electrons. The van der Waals surface area contributed by atoms with Crippen molar-refractivity contribution >= 4 is 11.6 Å². The summed E-state index contributed by atoms with van der Waals surface area (Å²) in [7, 11) is 0. The molecule has 0 spiro atoms. The number of rotatable bonds is 6. The van der Waals surface area contributed by atoms with E-state index in [0.717, 1.165) is 0 Å². The number of carbonyl (C=O) groups is 1. The number of ether oxygens (including phenoxy) is 2. The van der Waals surface area contributed by atoms with Crippen LogP contribution in [0.15, 0.2) is 18.2 Å². The molecule has 0 aromatic heterocycles. The number of amides is 1. The first-order valence-electron chi connectivity index (χ1n) is 6.38. The molecule has 0 unspecified atom stereocenters. The molecule has 0 aliphatic heterocycles.